The van der Waals surface area contributed by atoms with Gasteiger partial charge in [-0.05, 0) is 74.3 Å². The molecule has 7 heteroatoms. The molecular formula is C26H28N2O5. The Morgan fingerprint density at radius 2 is 1.79 bits per heavy atom. The quantitative estimate of drug-likeness (QED) is 0.621. The number of carbonyl (C=O) groups excluding carboxylic acids is 1. The van der Waals surface area contributed by atoms with Crippen LogP contribution in [0.3, 0.4) is 0 Å². The lowest BCUT2D eigenvalue weighted by atomic mass is 9.93. The van der Waals surface area contributed by atoms with Gasteiger partial charge >= 0.3 is 5.97 Å². The number of fused-ring (bicyclic) bond motifs is 1. The van der Waals surface area contributed by atoms with Gasteiger partial charge in [-0.15, -0.1) is 0 Å². The first-order valence-electron chi connectivity index (χ1n) is 11.6. The van der Waals surface area contributed by atoms with Crippen LogP contribution in [0.15, 0.2) is 52.9 Å². The van der Waals surface area contributed by atoms with E-state index >= 15 is 0 Å². The lowest BCUT2D eigenvalue weighted by Gasteiger charge is -2.33. The first-order chi connectivity index (χ1) is 16.0. The zero-order valence-corrected chi connectivity index (χ0v) is 18.5. The summed E-state index contributed by atoms with van der Waals surface area (Å²) in [5, 5.41) is 8.91. The van der Waals surface area contributed by atoms with E-state index in [2.05, 4.69) is 4.98 Å². The maximum Gasteiger partial charge on any atom is 0.335 e. The largest absolute Gasteiger partial charge is 0.478 e. The number of carbonyl (C=O) groups is 2. The van der Waals surface area contributed by atoms with Crippen molar-refractivity contribution in [2.75, 3.05) is 19.7 Å². The fourth-order valence-electron chi connectivity index (χ4n) is 4.62. The van der Waals surface area contributed by atoms with Crippen LogP contribution in [0, 0.1) is 5.41 Å². The number of oxazole rings is 1. The highest BCUT2D eigenvalue weighted by molar-refractivity contribution is 5.92. The van der Waals surface area contributed by atoms with Gasteiger partial charge in [-0.25, -0.2) is 9.78 Å². The van der Waals surface area contributed by atoms with Crippen LogP contribution in [0.25, 0.3) is 22.6 Å². The molecule has 1 N–H and O–H groups in total. The molecule has 2 saturated heterocycles. The Kier molecular flexibility index (Phi) is 5.89. The van der Waals surface area contributed by atoms with Crippen molar-refractivity contribution in [3.05, 3.63) is 54.1 Å². The first kappa shape index (κ1) is 21.6. The molecule has 1 spiro atoms. The van der Waals surface area contributed by atoms with Gasteiger partial charge in [0.1, 0.15) is 11.6 Å². The highest BCUT2D eigenvalue weighted by Crippen LogP contribution is 2.53. The van der Waals surface area contributed by atoms with Crippen LogP contribution in [0.4, 0.5) is 0 Å². The van der Waals surface area contributed by atoms with E-state index in [4.69, 9.17) is 14.3 Å². The van der Waals surface area contributed by atoms with Crippen molar-refractivity contribution in [2.24, 2.45) is 5.41 Å². The fraction of sp³-hybridized carbons (Fsp3) is 0.423. The van der Waals surface area contributed by atoms with E-state index in [-0.39, 0.29) is 17.6 Å². The van der Waals surface area contributed by atoms with Crippen molar-refractivity contribution in [3.63, 3.8) is 0 Å². The third-order valence-corrected chi connectivity index (χ3v) is 6.95. The van der Waals surface area contributed by atoms with E-state index in [1.54, 1.807) is 6.07 Å². The lowest BCUT2D eigenvalue weighted by Crippen LogP contribution is -2.44. The van der Waals surface area contributed by atoms with Crippen LogP contribution >= 0.6 is 0 Å². The molecule has 0 radical (unpaired) electrons. The van der Waals surface area contributed by atoms with Crippen LogP contribution < -0.4 is 0 Å². The Morgan fingerprint density at radius 1 is 1.03 bits per heavy atom. The second kappa shape index (κ2) is 8.98. The number of carboxylic acids is 1. The Balaban J connectivity index is 0.000000140. The number of rotatable bonds is 3. The Labute approximate surface area is 192 Å². The third-order valence-electron chi connectivity index (χ3n) is 6.95. The number of aromatic nitrogens is 1. The molecule has 1 amide bonds. The minimum absolute atomic E-state index is 0.113. The van der Waals surface area contributed by atoms with Crippen LogP contribution in [-0.2, 0) is 9.53 Å². The predicted octanol–water partition coefficient (Wildman–Crippen LogP) is 4.76. The van der Waals surface area contributed by atoms with Gasteiger partial charge in [-0.1, -0.05) is 18.2 Å². The molecule has 2 aliphatic heterocycles. The number of amides is 1. The summed E-state index contributed by atoms with van der Waals surface area (Å²) in [6.45, 7) is 2.71. The number of nitrogens with zero attached hydrogens (tertiary/aromatic N) is 2. The van der Waals surface area contributed by atoms with E-state index in [0.717, 1.165) is 38.1 Å². The molecular weight excluding hydrogens is 420 g/mol. The topological polar surface area (TPSA) is 92.9 Å². The van der Waals surface area contributed by atoms with Crippen LogP contribution in [-0.4, -0.2) is 52.7 Å². The molecule has 1 aliphatic carbocycles. The molecule has 0 bridgehead atoms. The molecule has 1 aromatic heterocycles. The smallest absolute Gasteiger partial charge is 0.335 e. The number of hydrogen-bond donors (Lipinski definition) is 1. The summed E-state index contributed by atoms with van der Waals surface area (Å²) in [5.74, 6) is -0.231. The van der Waals surface area contributed by atoms with Gasteiger partial charge in [0, 0.05) is 25.3 Å². The third kappa shape index (κ3) is 4.78. The van der Waals surface area contributed by atoms with Crippen LogP contribution in [0.1, 0.15) is 48.9 Å². The van der Waals surface area contributed by atoms with E-state index in [1.165, 1.54) is 37.8 Å². The van der Waals surface area contributed by atoms with E-state index < -0.39 is 5.97 Å². The van der Waals surface area contributed by atoms with Crippen molar-refractivity contribution in [2.45, 2.75) is 44.6 Å². The molecule has 172 valence electrons. The Morgan fingerprint density at radius 3 is 2.42 bits per heavy atom. The minimum Gasteiger partial charge on any atom is -0.478 e. The number of hydrogen-bond acceptors (Lipinski definition) is 5. The van der Waals surface area contributed by atoms with E-state index in [0.29, 0.717) is 22.4 Å². The molecule has 1 unspecified atom stereocenters. The fourth-order valence-corrected chi connectivity index (χ4v) is 4.62. The summed E-state index contributed by atoms with van der Waals surface area (Å²) >= 11 is 0. The number of aromatic carboxylic acids is 1. The SMILES string of the molecule is O=C(C1CCCO1)N1CCC2(CC1)CC2.O=C(O)c1ccc2nc(-c3ccccc3)oc2c1. The predicted molar refractivity (Wildman–Crippen MR) is 123 cm³/mol. The number of carboxylic acid groups (broad SMARTS) is 1. The average Bonchev–Trinajstić information content (AvgIpc) is 3.24. The molecule has 2 aromatic carbocycles. The van der Waals surface area contributed by atoms with Gasteiger partial charge in [0.05, 0.1) is 5.56 Å². The average molecular weight is 449 g/mol. The number of piperidine rings is 1. The Bertz CT molecular complexity index is 1140. The molecule has 6 rings (SSSR count). The monoisotopic (exact) mass is 448 g/mol. The maximum absolute atomic E-state index is 12.0. The molecule has 3 heterocycles. The molecule has 33 heavy (non-hydrogen) atoms. The van der Waals surface area contributed by atoms with Crippen molar-refractivity contribution >= 4 is 23.0 Å². The van der Waals surface area contributed by atoms with Gasteiger partial charge in [-0.2, -0.15) is 0 Å². The summed E-state index contributed by atoms with van der Waals surface area (Å²) < 4.78 is 11.0. The minimum atomic E-state index is -0.977. The number of ether oxygens (including phenoxy) is 1. The van der Waals surface area contributed by atoms with Crippen LogP contribution in [0.2, 0.25) is 0 Å². The molecule has 3 fully saturated rings. The maximum atomic E-state index is 12.0. The van der Waals surface area contributed by atoms with Gasteiger partial charge in [0.2, 0.25) is 5.89 Å². The van der Waals surface area contributed by atoms with Gasteiger partial charge in [0.15, 0.2) is 5.58 Å². The second-order valence-electron chi connectivity index (χ2n) is 9.20. The molecule has 7 nitrogen and oxygen atoms in total. The van der Waals surface area contributed by atoms with Gasteiger partial charge in [-0.3, -0.25) is 4.79 Å². The Hall–Kier alpha value is -3.19. The summed E-state index contributed by atoms with van der Waals surface area (Å²) in [6, 6.07) is 14.1. The normalized spacial score (nSPS) is 21.0. The zero-order valence-electron chi connectivity index (χ0n) is 18.5. The van der Waals surface area contributed by atoms with Crippen molar-refractivity contribution in [3.8, 4) is 11.5 Å². The van der Waals surface area contributed by atoms with E-state index in [9.17, 15) is 9.59 Å². The molecule has 3 aliphatic rings. The van der Waals surface area contributed by atoms with Gasteiger partial charge < -0.3 is 19.2 Å². The molecule has 1 saturated carbocycles. The number of benzene rings is 2. The van der Waals surface area contributed by atoms with Crippen LogP contribution in [0.5, 0.6) is 0 Å². The summed E-state index contributed by atoms with van der Waals surface area (Å²) in [4.78, 5) is 29.2. The number of likely N-dealkylation sites (tertiary alicyclic amines) is 1. The summed E-state index contributed by atoms with van der Waals surface area (Å²) in [5.41, 5.74) is 2.85. The summed E-state index contributed by atoms with van der Waals surface area (Å²) in [7, 11) is 0. The van der Waals surface area contributed by atoms with Crippen molar-refractivity contribution in [1.82, 2.24) is 9.88 Å². The highest BCUT2D eigenvalue weighted by atomic mass is 16.5. The molecule has 3 aromatic rings. The highest BCUT2D eigenvalue weighted by Gasteiger charge is 2.45. The van der Waals surface area contributed by atoms with E-state index in [1.807, 2.05) is 35.2 Å². The zero-order chi connectivity index (χ0) is 22.8. The standard InChI is InChI=1S/C14H9NO3.C12H19NO2/c16-14(17)10-6-7-11-12(8-10)18-13(15-11)9-4-2-1-3-5-9;14-11(10-2-1-9-15-10)13-7-5-12(3-4-12)6-8-13/h1-8H,(H,16,17);10H,1-9H2. The first-order valence-corrected chi connectivity index (χ1v) is 11.6. The van der Waals surface area contributed by atoms with Crippen molar-refractivity contribution in [1.29, 1.82) is 0 Å². The van der Waals surface area contributed by atoms with Crippen molar-refractivity contribution < 1.29 is 23.8 Å². The second-order valence-corrected chi connectivity index (χ2v) is 9.20. The van der Waals surface area contributed by atoms with Gasteiger partial charge in [0.25, 0.3) is 5.91 Å². The lowest BCUT2D eigenvalue weighted by molar-refractivity contribution is -0.142. The summed E-state index contributed by atoms with van der Waals surface area (Å²) in [6.07, 6.45) is 7.12. The molecule has 1 atom stereocenters.